The smallest absolute Gasteiger partial charge is 0.356 e. The van der Waals surface area contributed by atoms with Crippen molar-refractivity contribution in [1.29, 1.82) is 0 Å². The van der Waals surface area contributed by atoms with Gasteiger partial charge in [0.15, 0.2) is 5.69 Å². The molecule has 1 aromatic heterocycles. The first-order chi connectivity index (χ1) is 10.7. The molecule has 2 aromatic carbocycles. The van der Waals surface area contributed by atoms with Crippen molar-refractivity contribution in [2.45, 2.75) is 13.2 Å². The number of para-hydroxylation sites is 1. The van der Waals surface area contributed by atoms with Gasteiger partial charge in [-0.05, 0) is 23.3 Å². The second-order valence-electron chi connectivity index (χ2n) is 4.89. The number of aliphatic hydroxyl groups excluding tert-OH is 1. The van der Waals surface area contributed by atoms with Crippen LogP contribution in [0, 0.1) is 0 Å². The maximum absolute atomic E-state index is 11.4. The highest BCUT2D eigenvalue weighted by atomic mass is 16.7. The lowest BCUT2D eigenvalue weighted by Crippen LogP contribution is -2.17. The minimum absolute atomic E-state index is 0.0719. The molecule has 0 aliphatic heterocycles. The predicted molar refractivity (Wildman–Crippen MR) is 81.5 cm³/mol. The SMILES string of the molecule is O=C(O)c1cc2ccccc2n1OCc1ccccc1CO. The number of aromatic carboxylic acids is 1. The number of benzene rings is 2. The number of carbonyl (C=O) groups is 1. The van der Waals surface area contributed by atoms with E-state index >= 15 is 0 Å². The molecule has 22 heavy (non-hydrogen) atoms. The van der Waals surface area contributed by atoms with Gasteiger partial charge in [0.1, 0.15) is 6.61 Å². The molecule has 5 heteroatoms. The van der Waals surface area contributed by atoms with Crippen molar-refractivity contribution >= 4 is 16.9 Å². The molecule has 1 heterocycles. The number of rotatable bonds is 5. The summed E-state index contributed by atoms with van der Waals surface area (Å²) in [6.45, 7) is 0.0907. The number of hydrogen-bond acceptors (Lipinski definition) is 3. The van der Waals surface area contributed by atoms with Crippen LogP contribution < -0.4 is 4.84 Å². The fourth-order valence-corrected chi connectivity index (χ4v) is 2.40. The molecule has 3 rings (SSSR count). The molecular weight excluding hydrogens is 282 g/mol. The number of aromatic nitrogens is 1. The van der Waals surface area contributed by atoms with Gasteiger partial charge in [-0.25, -0.2) is 4.79 Å². The Morgan fingerprint density at radius 2 is 1.73 bits per heavy atom. The first-order valence-corrected chi connectivity index (χ1v) is 6.85. The molecule has 0 spiro atoms. The standard InChI is InChI=1S/C17H15NO4/c19-10-13-6-1-2-7-14(13)11-22-18-15-8-4-3-5-12(15)9-16(18)17(20)21/h1-9,19H,10-11H2,(H,20,21). The Morgan fingerprint density at radius 3 is 2.45 bits per heavy atom. The lowest BCUT2D eigenvalue weighted by atomic mass is 10.1. The summed E-state index contributed by atoms with van der Waals surface area (Å²) in [4.78, 5) is 17.1. The van der Waals surface area contributed by atoms with Crippen LogP contribution in [-0.2, 0) is 13.2 Å². The molecule has 0 radical (unpaired) electrons. The van der Waals surface area contributed by atoms with E-state index in [0.717, 1.165) is 16.5 Å². The van der Waals surface area contributed by atoms with Crippen molar-refractivity contribution < 1.29 is 19.8 Å². The summed E-state index contributed by atoms with van der Waals surface area (Å²) < 4.78 is 1.33. The zero-order valence-electron chi connectivity index (χ0n) is 11.8. The van der Waals surface area contributed by atoms with E-state index in [-0.39, 0.29) is 18.9 Å². The minimum atomic E-state index is -1.05. The fraction of sp³-hybridized carbons (Fsp3) is 0.118. The monoisotopic (exact) mass is 297 g/mol. The number of aliphatic hydroxyl groups is 1. The predicted octanol–water partition coefficient (Wildman–Crippen LogP) is 2.46. The van der Waals surface area contributed by atoms with Crippen molar-refractivity contribution in [1.82, 2.24) is 4.73 Å². The van der Waals surface area contributed by atoms with E-state index in [0.29, 0.717) is 5.52 Å². The van der Waals surface area contributed by atoms with E-state index in [1.165, 1.54) is 4.73 Å². The van der Waals surface area contributed by atoms with Crippen molar-refractivity contribution in [2.24, 2.45) is 0 Å². The molecule has 0 saturated carbocycles. The summed E-state index contributed by atoms with van der Waals surface area (Å²) in [6, 6.07) is 16.2. The Morgan fingerprint density at radius 1 is 1.05 bits per heavy atom. The van der Waals surface area contributed by atoms with Crippen LogP contribution in [0.3, 0.4) is 0 Å². The average molecular weight is 297 g/mol. The Labute approximate surface area is 127 Å². The maximum atomic E-state index is 11.4. The van der Waals surface area contributed by atoms with Crippen LogP contribution in [0.4, 0.5) is 0 Å². The molecule has 0 aliphatic rings. The van der Waals surface area contributed by atoms with Gasteiger partial charge in [0.2, 0.25) is 0 Å². The van der Waals surface area contributed by atoms with Gasteiger partial charge in [-0.1, -0.05) is 42.5 Å². The van der Waals surface area contributed by atoms with Crippen LogP contribution in [0.1, 0.15) is 21.6 Å². The zero-order chi connectivity index (χ0) is 15.5. The first-order valence-electron chi connectivity index (χ1n) is 6.85. The van der Waals surface area contributed by atoms with Crippen LogP contribution in [0.2, 0.25) is 0 Å². The number of fused-ring (bicyclic) bond motifs is 1. The number of carboxylic acid groups (broad SMARTS) is 1. The van der Waals surface area contributed by atoms with Gasteiger partial charge < -0.3 is 15.1 Å². The topological polar surface area (TPSA) is 71.7 Å². The fourth-order valence-electron chi connectivity index (χ4n) is 2.40. The van der Waals surface area contributed by atoms with E-state index in [1.807, 2.05) is 42.5 Å². The van der Waals surface area contributed by atoms with E-state index < -0.39 is 5.97 Å². The molecule has 0 unspecified atom stereocenters. The largest absolute Gasteiger partial charge is 0.476 e. The summed E-state index contributed by atoms with van der Waals surface area (Å²) in [5.74, 6) is -1.05. The highest BCUT2D eigenvalue weighted by molar-refractivity contribution is 5.94. The van der Waals surface area contributed by atoms with Gasteiger partial charge >= 0.3 is 5.97 Å². The van der Waals surface area contributed by atoms with Crippen LogP contribution in [0.5, 0.6) is 0 Å². The third-order valence-corrected chi connectivity index (χ3v) is 3.52. The Bertz CT molecular complexity index is 822. The molecule has 112 valence electrons. The van der Waals surface area contributed by atoms with Gasteiger partial charge in [0.05, 0.1) is 12.1 Å². The van der Waals surface area contributed by atoms with Gasteiger partial charge in [0.25, 0.3) is 0 Å². The number of hydrogen-bond donors (Lipinski definition) is 2. The van der Waals surface area contributed by atoms with Crippen LogP contribution in [-0.4, -0.2) is 20.9 Å². The second kappa shape index (κ2) is 5.91. The quantitative estimate of drug-likeness (QED) is 0.759. The molecule has 0 fully saturated rings. The molecule has 5 nitrogen and oxygen atoms in total. The van der Waals surface area contributed by atoms with Gasteiger partial charge in [-0.3, -0.25) is 0 Å². The average Bonchev–Trinajstić information content (AvgIpc) is 2.92. The summed E-state index contributed by atoms with van der Waals surface area (Å²) in [5, 5.41) is 19.5. The molecule has 0 bridgehead atoms. The Hall–Kier alpha value is -2.79. The van der Waals surface area contributed by atoms with E-state index in [9.17, 15) is 15.0 Å². The van der Waals surface area contributed by atoms with E-state index in [2.05, 4.69) is 0 Å². The summed E-state index contributed by atoms with van der Waals surface area (Å²) in [7, 11) is 0. The van der Waals surface area contributed by atoms with Crippen LogP contribution in [0.25, 0.3) is 10.9 Å². The van der Waals surface area contributed by atoms with Gasteiger partial charge in [0, 0.05) is 5.39 Å². The maximum Gasteiger partial charge on any atom is 0.356 e. The van der Waals surface area contributed by atoms with E-state index in [4.69, 9.17) is 4.84 Å². The van der Waals surface area contributed by atoms with Crippen LogP contribution >= 0.6 is 0 Å². The third kappa shape index (κ3) is 2.54. The van der Waals surface area contributed by atoms with Crippen molar-refractivity contribution in [2.75, 3.05) is 0 Å². The molecule has 3 aromatic rings. The van der Waals surface area contributed by atoms with E-state index in [1.54, 1.807) is 12.1 Å². The summed E-state index contributed by atoms with van der Waals surface area (Å²) in [6.07, 6.45) is 0. The zero-order valence-corrected chi connectivity index (χ0v) is 11.8. The van der Waals surface area contributed by atoms with Gasteiger partial charge in [-0.15, -0.1) is 0 Å². The molecule has 0 saturated heterocycles. The first kappa shape index (κ1) is 14.2. The third-order valence-electron chi connectivity index (χ3n) is 3.52. The lowest BCUT2D eigenvalue weighted by Gasteiger charge is -2.12. The Balaban J connectivity index is 1.96. The lowest BCUT2D eigenvalue weighted by molar-refractivity contribution is 0.0587. The van der Waals surface area contributed by atoms with Gasteiger partial charge in [-0.2, -0.15) is 4.73 Å². The van der Waals surface area contributed by atoms with Crippen molar-refractivity contribution in [3.8, 4) is 0 Å². The minimum Gasteiger partial charge on any atom is -0.476 e. The van der Waals surface area contributed by atoms with Crippen molar-refractivity contribution in [3.05, 3.63) is 71.4 Å². The molecule has 0 atom stereocenters. The summed E-state index contributed by atoms with van der Waals surface area (Å²) >= 11 is 0. The Kier molecular flexibility index (Phi) is 3.80. The normalized spacial score (nSPS) is 10.8. The summed E-state index contributed by atoms with van der Waals surface area (Å²) in [5.41, 5.74) is 2.35. The molecule has 0 amide bonds. The van der Waals surface area contributed by atoms with Crippen LogP contribution in [0.15, 0.2) is 54.6 Å². The highest BCUT2D eigenvalue weighted by Gasteiger charge is 2.16. The molecular formula is C17H15NO4. The molecule has 2 N–H and O–H groups in total. The molecule has 0 aliphatic carbocycles. The van der Waals surface area contributed by atoms with Crippen molar-refractivity contribution in [3.63, 3.8) is 0 Å². The second-order valence-corrected chi connectivity index (χ2v) is 4.89. The highest BCUT2D eigenvalue weighted by Crippen LogP contribution is 2.19. The number of carboxylic acids is 1. The number of nitrogens with zero attached hydrogens (tertiary/aromatic N) is 1.